The third-order valence-electron chi connectivity index (χ3n) is 2.54. The SMILES string of the molecule is Cc1cc(-c2ccc(Cl)cc2)ccc1S(=O)O. The molecule has 1 N–H and O–H groups in total. The molecule has 2 nitrogen and oxygen atoms in total. The summed E-state index contributed by atoms with van der Waals surface area (Å²) in [5.74, 6) is 0. The second kappa shape index (κ2) is 5.00. The van der Waals surface area contributed by atoms with Crippen molar-refractivity contribution in [1.82, 2.24) is 0 Å². The van der Waals surface area contributed by atoms with Gasteiger partial charge in [-0.3, -0.25) is 0 Å². The van der Waals surface area contributed by atoms with E-state index in [2.05, 4.69) is 0 Å². The average molecular weight is 267 g/mol. The molecule has 4 heteroatoms. The van der Waals surface area contributed by atoms with Crippen LogP contribution in [0, 0.1) is 6.92 Å². The van der Waals surface area contributed by atoms with E-state index in [0.29, 0.717) is 9.92 Å². The molecule has 0 saturated heterocycles. The summed E-state index contributed by atoms with van der Waals surface area (Å²) in [5.41, 5.74) is 2.85. The molecule has 2 aromatic rings. The molecular formula is C13H11ClO2S. The lowest BCUT2D eigenvalue weighted by atomic mass is 10.0. The molecule has 0 spiro atoms. The molecule has 0 heterocycles. The molecular weight excluding hydrogens is 256 g/mol. The predicted octanol–water partition coefficient (Wildman–Crippen LogP) is 3.90. The van der Waals surface area contributed by atoms with Gasteiger partial charge in [0.25, 0.3) is 0 Å². The maximum atomic E-state index is 11.0. The van der Waals surface area contributed by atoms with Crippen LogP contribution in [0.4, 0.5) is 0 Å². The number of halogens is 1. The third kappa shape index (κ3) is 2.75. The standard InChI is InChI=1S/C13H11ClO2S/c1-9-8-11(4-7-13(9)17(15)16)10-2-5-12(14)6-3-10/h2-8H,1H3,(H,15,16). The van der Waals surface area contributed by atoms with Gasteiger partial charge in [0.05, 0.1) is 4.90 Å². The summed E-state index contributed by atoms with van der Waals surface area (Å²) in [5, 5.41) is 0.693. The third-order valence-corrected chi connectivity index (χ3v) is 3.63. The Morgan fingerprint density at radius 2 is 1.65 bits per heavy atom. The lowest BCUT2D eigenvalue weighted by Crippen LogP contribution is -1.92. The normalized spacial score (nSPS) is 12.4. The van der Waals surface area contributed by atoms with Crippen LogP contribution in [0.3, 0.4) is 0 Å². The maximum Gasteiger partial charge on any atom is 0.186 e. The Labute approximate surface area is 108 Å². The van der Waals surface area contributed by atoms with Gasteiger partial charge in [0, 0.05) is 5.02 Å². The molecule has 0 aliphatic carbocycles. The molecule has 2 aromatic carbocycles. The van der Waals surface area contributed by atoms with Crippen LogP contribution in [0.25, 0.3) is 11.1 Å². The summed E-state index contributed by atoms with van der Waals surface area (Å²) >= 11 is 3.89. The smallest absolute Gasteiger partial charge is 0.186 e. The lowest BCUT2D eigenvalue weighted by molar-refractivity contribution is 0.564. The number of rotatable bonds is 2. The summed E-state index contributed by atoms with van der Waals surface area (Å²) in [6.45, 7) is 1.82. The van der Waals surface area contributed by atoms with Crippen LogP contribution in [0.5, 0.6) is 0 Å². The van der Waals surface area contributed by atoms with Gasteiger partial charge in [-0.25, -0.2) is 4.21 Å². The molecule has 0 fully saturated rings. The maximum absolute atomic E-state index is 11.0. The number of benzene rings is 2. The predicted molar refractivity (Wildman–Crippen MR) is 70.7 cm³/mol. The van der Waals surface area contributed by atoms with E-state index < -0.39 is 11.1 Å². The molecule has 1 unspecified atom stereocenters. The Balaban J connectivity index is 2.44. The van der Waals surface area contributed by atoms with Crippen LogP contribution < -0.4 is 0 Å². The number of hydrogen-bond acceptors (Lipinski definition) is 1. The highest BCUT2D eigenvalue weighted by atomic mass is 35.5. The van der Waals surface area contributed by atoms with Gasteiger partial charge >= 0.3 is 0 Å². The first-order chi connectivity index (χ1) is 8.08. The van der Waals surface area contributed by atoms with Crippen molar-refractivity contribution in [1.29, 1.82) is 0 Å². The minimum Gasteiger partial charge on any atom is -0.302 e. The Morgan fingerprint density at radius 1 is 1.06 bits per heavy atom. The average Bonchev–Trinajstić information content (AvgIpc) is 2.29. The molecule has 0 saturated carbocycles. The first kappa shape index (κ1) is 12.3. The molecule has 0 aliphatic heterocycles. The van der Waals surface area contributed by atoms with E-state index in [1.807, 2.05) is 43.3 Å². The van der Waals surface area contributed by atoms with Crippen LogP contribution in [-0.4, -0.2) is 8.76 Å². The van der Waals surface area contributed by atoms with Crippen molar-refractivity contribution < 1.29 is 8.76 Å². The van der Waals surface area contributed by atoms with Crippen molar-refractivity contribution >= 4 is 22.7 Å². The van der Waals surface area contributed by atoms with Gasteiger partial charge in [-0.2, -0.15) is 0 Å². The van der Waals surface area contributed by atoms with E-state index in [0.717, 1.165) is 16.7 Å². The van der Waals surface area contributed by atoms with E-state index in [4.69, 9.17) is 16.2 Å². The molecule has 0 aromatic heterocycles. The second-order valence-corrected chi connectivity index (χ2v) is 5.11. The van der Waals surface area contributed by atoms with Gasteiger partial charge in [0.15, 0.2) is 11.1 Å². The van der Waals surface area contributed by atoms with E-state index in [1.165, 1.54) is 0 Å². The van der Waals surface area contributed by atoms with Gasteiger partial charge in [-0.05, 0) is 41.8 Å². The van der Waals surface area contributed by atoms with E-state index in [1.54, 1.807) is 6.07 Å². The highest BCUT2D eigenvalue weighted by molar-refractivity contribution is 7.79. The fraction of sp³-hybridized carbons (Fsp3) is 0.0769. The topological polar surface area (TPSA) is 37.3 Å². The van der Waals surface area contributed by atoms with Crippen LogP contribution >= 0.6 is 11.6 Å². The molecule has 0 aliphatic rings. The fourth-order valence-electron chi connectivity index (χ4n) is 1.67. The van der Waals surface area contributed by atoms with Crippen LogP contribution in [0.15, 0.2) is 47.4 Å². The Morgan fingerprint density at radius 3 is 2.18 bits per heavy atom. The van der Waals surface area contributed by atoms with E-state index in [-0.39, 0.29) is 0 Å². The first-order valence-electron chi connectivity index (χ1n) is 5.05. The zero-order valence-corrected chi connectivity index (χ0v) is 10.8. The Kier molecular flexibility index (Phi) is 3.62. The molecule has 2 rings (SSSR count). The van der Waals surface area contributed by atoms with Crippen molar-refractivity contribution in [3.8, 4) is 11.1 Å². The summed E-state index contributed by atoms with van der Waals surface area (Å²) in [7, 11) is 0. The second-order valence-electron chi connectivity index (χ2n) is 3.74. The summed E-state index contributed by atoms with van der Waals surface area (Å²) in [6.07, 6.45) is 0. The monoisotopic (exact) mass is 266 g/mol. The minimum atomic E-state index is -1.93. The van der Waals surface area contributed by atoms with Gasteiger partial charge in [0.2, 0.25) is 0 Å². The van der Waals surface area contributed by atoms with E-state index in [9.17, 15) is 4.21 Å². The summed E-state index contributed by atoms with van der Waals surface area (Å²) in [6, 6.07) is 12.9. The first-order valence-corrected chi connectivity index (χ1v) is 6.54. The molecule has 1 atom stereocenters. The highest BCUT2D eigenvalue weighted by Gasteiger charge is 2.06. The van der Waals surface area contributed by atoms with Gasteiger partial charge < -0.3 is 4.55 Å². The molecule has 17 heavy (non-hydrogen) atoms. The molecule has 0 radical (unpaired) electrons. The zero-order valence-electron chi connectivity index (χ0n) is 9.18. The van der Waals surface area contributed by atoms with Crippen LogP contribution in [-0.2, 0) is 11.1 Å². The van der Waals surface area contributed by atoms with Crippen LogP contribution in [0.2, 0.25) is 5.02 Å². The summed E-state index contributed by atoms with van der Waals surface area (Å²) < 4.78 is 20.1. The van der Waals surface area contributed by atoms with E-state index >= 15 is 0 Å². The number of hydrogen-bond donors (Lipinski definition) is 1. The van der Waals surface area contributed by atoms with Gasteiger partial charge in [-0.1, -0.05) is 35.9 Å². The van der Waals surface area contributed by atoms with Crippen molar-refractivity contribution in [2.45, 2.75) is 11.8 Å². The quantitative estimate of drug-likeness (QED) is 0.837. The van der Waals surface area contributed by atoms with Crippen molar-refractivity contribution in [3.63, 3.8) is 0 Å². The molecule has 88 valence electrons. The fourth-order valence-corrected chi connectivity index (χ4v) is 2.31. The minimum absolute atomic E-state index is 0.447. The highest BCUT2D eigenvalue weighted by Crippen LogP contribution is 2.24. The zero-order chi connectivity index (χ0) is 12.4. The molecule has 0 bridgehead atoms. The Bertz CT molecular complexity index is 564. The Hall–Kier alpha value is -1.16. The van der Waals surface area contributed by atoms with Gasteiger partial charge in [0.1, 0.15) is 0 Å². The van der Waals surface area contributed by atoms with Crippen molar-refractivity contribution in [3.05, 3.63) is 53.1 Å². The largest absolute Gasteiger partial charge is 0.302 e. The molecule has 0 amide bonds. The van der Waals surface area contributed by atoms with Crippen molar-refractivity contribution in [2.24, 2.45) is 0 Å². The van der Waals surface area contributed by atoms with Gasteiger partial charge in [-0.15, -0.1) is 0 Å². The lowest BCUT2D eigenvalue weighted by Gasteiger charge is -2.06. The van der Waals surface area contributed by atoms with Crippen molar-refractivity contribution in [2.75, 3.05) is 0 Å². The van der Waals surface area contributed by atoms with Crippen LogP contribution in [0.1, 0.15) is 5.56 Å². The number of aryl methyl sites for hydroxylation is 1. The summed E-state index contributed by atoms with van der Waals surface area (Å²) in [4.78, 5) is 0.447.